The molecule has 4 bridgehead atoms. The minimum Gasteiger partial charge on any atom is -0.323 e. The average Bonchev–Trinajstić information content (AvgIpc) is 2.68. The smallest absolute Gasteiger partial charge is 0.0887 e. The molecule has 0 aromatic carbocycles. The maximum atomic E-state index is 6.63. The Bertz CT molecular complexity index is 453. The SMILES string of the molecule is NC(c1cc(Cl)c(Br)s1)C1C2CC3CC(C2)CC1C3. The molecule has 5 rings (SSSR count). The Morgan fingerprint density at radius 3 is 2.21 bits per heavy atom. The maximum absolute atomic E-state index is 6.63. The van der Waals surface area contributed by atoms with Crippen LogP contribution in [0.1, 0.15) is 43.0 Å². The molecular weight excluding hydrogens is 342 g/mol. The molecule has 4 fully saturated rings. The average molecular weight is 361 g/mol. The van der Waals surface area contributed by atoms with Crippen molar-refractivity contribution in [2.24, 2.45) is 35.3 Å². The van der Waals surface area contributed by atoms with Crippen molar-refractivity contribution in [3.05, 3.63) is 19.8 Å². The summed E-state index contributed by atoms with van der Waals surface area (Å²) in [6.45, 7) is 0. The van der Waals surface area contributed by atoms with Crippen molar-refractivity contribution in [2.75, 3.05) is 0 Å². The van der Waals surface area contributed by atoms with Crippen LogP contribution in [0.3, 0.4) is 0 Å². The molecule has 2 N–H and O–H groups in total. The van der Waals surface area contributed by atoms with E-state index < -0.39 is 0 Å². The molecule has 0 radical (unpaired) electrons. The lowest BCUT2D eigenvalue weighted by Crippen LogP contribution is -2.48. The quantitative estimate of drug-likeness (QED) is 0.767. The van der Waals surface area contributed by atoms with Gasteiger partial charge in [-0.15, -0.1) is 11.3 Å². The van der Waals surface area contributed by atoms with Gasteiger partial charge in [-0.2, -0.15) is 0 Å². The molecule has 4 aliphatic rings. The van der Waals surface area contributed by atoms with Gasteiger partial charge in [-0.3, -0.25) is 0 Å². The Labute approximate surface area is 132 Å². The largest absolute Gasteiger partial charge is 0.323 e. The normalized spacial score (nSPS) is 41.7. The second-order valence-corrected chi connectivity index (χ2v) is 9.61. The topological polar surface area (TPSA) is 26.0 Å². The molecule has 1 atom stereocenters. The van der Waals surface area contributed by atoms with Crippen LogP contribution in [0.15, 0.2) is 9.85 Å². The minimum atomic E-state index is 0.198. The number of hydrogen-bond donors (Lipinski definition) is 1. The first-order valence-corrected chi connectivity index (χ1v) is 9.31. The van der Waals surface area contributed by atoms with Crippen molar-refractivity contribution < 1.29 is 0 Å². The summed E-state index contributed by atoms with van der Waals surface area (Å²) in [4.78, 5) is 1.27. The van der Waals surface area contributed by atoms with Crippen molar-refractivity contribution in [3.8, 4) is 0 Å². The predicted octanol–water partition coefficient (Wildman–Crippen LogP) is 5.24. The van der Waals surface area contributed by atoms with Gasteiger partial charge in [0.25, 0.3) is 0 Å². The van der Waals surface area contributed by atoms with E-state index in [-0.39, 0.29) is 6.04 Å². The van der Waals surface area contributed by atoms with E-state index in [1.807, 2.05) is 0 Å². The summed E-state index contributed by atoms with van der Waals surface area (Å²) < 4.78 is 1.03. The van der Waals surface area contributed by atoms with Crippen LogP contribution in [0, 0.1) is 29.6 Å². The summed E-state index contributed by atoms with van der Waals surface area (Å²) in [5.41, 5.74) is 6.63. The second kappa shape index (κ2) is 4.72. The lowest BCUT2D eigenvalue weighted by atomic mass is 9.50. The number of nitrogens with two attached hydrogens (primary N) is 1. The fraction of sp³-hybridized carbons (Fsp3) is 0.733. The molecule has 104 valence electrons. The molecule has 4 heteroatoms. The summed E-state index contributed by atoms with van der Waals surface area (Å²) in [5.74, 6) is 4.50. The number of rotatable bonds is 2. The zero-order valence-corrected chi connectivity index (χ0v) is 14.0. The fourth-order valence-corrected chi connectivity index (χ4v) is 7.08. The van der Waals surface area contributed by atoms with E-state index in [1.54, 1.807) is 11.3 Å². The maximum Gasteiger partial charge on any atom is 0.0887 e. The zero-order chi connectivity index (χ0) is 13.1. The van der Waals surface area contributed by atoms with Crippen molar-refractivity contribution in [1.82, 2.24) is 0 Å². The van der Waals surface area contributed by atoms with Gasteiger partial charge >= 0.3 is 0 Å². The fourth-order valence-electron chi connectivity index (χ4n) is 5.27. The molecule has 1 aromatic rings. The standard InChI is InChI=1S/C15H19BrClNS/c16-15-11(17)6-12(19-15)14(18)13-9-2-7-1-8(4-9)5-10(13)3-7/h6-10,13-14H,1-5,18H2. The molecule has 1 unspecified atom stereocenters. The molecule has 1 nitrogen and oxygen atoms in total. The molecule has 19 heavy (non-hydrogen) atoms. The van der Waals surface area contributed by atoms with Crippen LogP contribution in [0.5, 0.6) is 0 Å². The molecule has 1 heterocycles. The van der Waals surface area contributed by atoms with Crippen LogP contribution in [0.2, 0.25) is 5.02 Å². The number of hydrogen-bond acceptors (Lipinski definition) is 2. The van der Waals surface area contributed by atoms with Crippen LogP contribution in [-0.2, 0) is 0 Å². The minimum absolute atomic E-state index is 0.198. The van der Waals surface area contributed by atoms with Crippen LogP contribution < -0.4 is 5.73 Å². The lowest BCUT2D eigenvalue weighted by Gasteiger charge is -2.55. The van der Waals surface area contributed by atoms with Crippen LogP contribution in [0.4, 0.5) is 0 Å². The molecule has 4 saturated carbocycles. The molecule has 4 aliphatic carbocycles. The number of halogens is 2. The van der Waals surface area contributed by atoms with E-state index >= 15 is 0 Å². The Hall–Kier alpha value is 0.430. The number of thiophene rings is 1. The van der Waals surface area contributed by atoms with Gasteiger partial charge in [0.15, 0.2) is 0 Å². The highest BCUT2D eigenvalue weighted by Crippen LogP contribution is 2.59. The highest BCUT2D eigenvalue weighted by molar-refractivity contribution is 9.11. The van der Waals surface area contributed by atoms with E-state index in [0.717, 1.165) is 32.5 Å². The van der Waals surface area contributed by atoms with Crippen LogP contribution in [0.25, 0.3) is 0 Å². The predicted molar refractivity (Wildman–Crippen MR) is 84.5 cm³/mol. The van der Waals surface area contributed by atoms with Crippen LogP contribution in [-0.4, -0.2) is 0 Å². The summed E-state index contributed by atoms with van der Waals surface area (Å²) in [5, 5.41) is 0.819. The van der Waals surface area contributed by atoms with Gasteiger partial charge in [-0.1, -0.05) is 11.6 Å². The van der Waals surface area contributed by atoms with Gasteiger partial charge in [-0.05, 0) is 83.7 Å². The second-order valence-electron chi connectivity index (χ2n) is 6.80. The Morgan fingerprint density at radius 2 is 1.74 bits per heavy atom. The third kappa shape index (κ3) is 2.12. The highest BCUT2D eigenvalue weighted by Gasteiger charge is 2.50. The van der Waals surface area contributed by atoms with Crippen LogP contribution >= 0.6 is 38.9 Å². The highest BCUT2D eigenvalue weighted by atomic mass is 79.9. The first-order valence-electron chi connectivity index (χ1n) is 7.32. The third-order valence-corrected chi connectivity index (χ3v) is 8.28. The van der Waals surface area contributed by atoms with Gasteiger partial charge in [0.2, 0.25) is 0 Å². The van der Waals surface area contributed by atoms with E-state index in [1.165, 1.54) is 37.0 Å². The van der Waals surface area contributed by atoms with Gasteiger partial charge < -0.3 is 5.73 Å². The van der Waals surface area contributed by atoms with Gasteiger partial charge in [0.05, 0.1) is 8.81 Å². The molecular formula is C15H19BrClNS. The van der Waals surface area contributed by atoms with Gasteiger partial charge in [0, 0.05) is 10.9 Å². The Kier molecular flexibility index (Phi) is 3.26. The third-order valence-electron chi connectivity index (χ3n) is 5.71. The lowest BCUT2D eigenvalue weighted by molar-refractivity contribution is -0.0467. The van der Waals surface area contributed by atoms with E-state index in [9.17, 15) is 0 Å². The monoisotopic (exact) mass is 359 g/mol. The summed E-state index contributed by atoms with van der Waals surface area (Å²) in [6, 6.07) is 2.27. The summed E-state index contributed by atoms with van der Waals surface area (Å²) in [7, 11) is 0. The molecule has 0 spiro atoms. The Morgan fingerprint density at radius 1 is 1.16 bits per heavy atom. The van der Waals surface area contributed by atoms with Gasteiger partial charge in [0.1, 0.15) is 0 Å². The van der Waals surface area contributed by atoms with E-state index in [0.29, 0.717) is 5.92 Å². The van der Waals surface area contributed by atoms with Crippen molar-refractivity contribution >= 4 is 38.9 Å². The summed E-state index contributed by atoms with van der Waals surface area (Å²) >= 11 is 11.4. The first-order chi connectivity index (χ1) is 9.11. The van der Waals surface area contributed by atoms with Gasteiger partial charge in [-0.25, -0.2) is 0 Å². The van der Waals surface area contributed by atoms with E-state index in [2.05, 4.69) is 22.0 Å². The van der Waals surface area contributed by atoms with Crippen molar-refractivity contribution in [3.63, 3.8) is 0 Å². The van der Waals surface area contributed by atoms with E-state index in [4.69, 9.17) is 17.3 Å². The zero-order valence-electron chi connectivity index (χ0n) is 10.8. The summed E-state index contributed by atoms with van der Waals surface area (Å²) in [6.07, 6.45) is 7.25. The first kappa shape index (κ1) is 13.1. The molecule has 0 amide bonds. The molecule has 0 saturated heterocycles. The van der Waals surface area contributed by atoms with Crippen molar-refractivity contribution in [2.45, 2.75) is 38.1 Å². The van der Waals surface area contributed by atoms with Crippen molar-refractivity contribution in [1.29, 1.82) is 0 Å². The Balaban J connectivity index is 1.61. The molecule has 0 aliphatic heterocycles. The molecule has 1 aromatic heterocycles.